The zero-order valence-electron chi connectivity index (χ0n) is 14.4. The molecule has 0 aromatic heterocycles. The second kappa shape index (κ2) is 7.16. The molecule has 0 bridgehead atoms. The lowest BCUT2D eigenvalue weighted by molar-refractivity contribution is -0.0468. The highest BCUT2D eigenvalue weighted by Crippen LogP contribution is 2.45. The van der Waals surface area contributed by atoms with E-state index < -0.39 is 8.07 Å². The van der Waals surface area contributed by atoms with E-state index in [9.17, 15) is 0 Å². The van der Waals surface area contributed by atoms with E-state index in [0.29, 0.717) is 5.92 Å². The summed E-state index contributed by atoms with van der Waals surface area (Å²) in [7, 11) is -1.31. The number of hydrogen-bond donors (Lipinski definition) is 0. The lowest BCUT2D eigenvalue weighted by atomic mass is 9.79. The summed E-state index contributed by atoms with van der Waals surface area (Å²) in [6.45, 7) is 9.15. The predicted octanol–water partition coefficient (Wildman–Crippen LogP) is 5.33. The molecule has 2 heteroatoms. The van der Waals surface area contributed by atoms with Crippen LogP contribution >= 0.6 is 0 Å². The Bertz CT molecular complexity index is 415. The molecule has 1 aliphatic carbocycles. The summed E-state index contributed by atoms with van der Waals surface area (Å²) in [6, 6.07) is 0. The maximum absolute atomic E-state index is 6.54. The number of allylic oxidation sites excluding steroid dienone is 2. The van der Waals surface area contributed by atoms with E-state index in [0.717, 1.165) is 12.8 Å². The van der Waals surface area contributed by atoms with Gasteiger partial charge in [-0.2, -0.15) is 0 Å². The Morgan fingerprint density at radius 3 is 2.48 bits per heavy atom. The second-order valence-electron chi connectivity index (χ2n) is 7.88. The van der Waals surface area contributed by atoms with Gasteiger partial charge in [0.2, 0.25) is 0 Å². The minimum Gasteiger partial charge on any atom is -0.359 e. The summed E-state index contributed by atoms with van der Waals surface area (Å²) in [5.41, 5.74) is 3.71. The van der Waals surface area contributed by atoms with E-state index in [1.807, 2.05) is 0 Å². The summed E-state index contributed by atoms with van der Waals surface area (Å²) in [6.07, 6.45) is 14.9. The van der Waals surface area contributed by atoms with Crippen molar-refractivity contribution in [3.63, 3.8) is 0 Å². The maximum Gasteiger partial charge on any atom is 0.129 e. The Kier molecular flexibility index (Phi) is 5.74. The first-order valence-electron chi connectivity index (χ1n) is 8.80. The van der Waals surface area contributed by atoms with Gasteiger partial charge in [0.15, 0.2) is 0 Å². The van der Waals surface area contributed by atoms with Crippen molar-refractivity contribution in [3.05, 3.63) is 12.2 Å². The lowest BCUT2D eigenvalue weighted by Gasteiger charge is -2.32. The monoisotopic (exact) mass is 304 g/mol. The van der Waals surface area contributed by atoms with Crippen molar-refractivity contribution in [2.24, 2.45) is 5.92 Å². The summed E-state index contributed by atoms with van der Waals surface area (Å²) >= 11 is 0. The lowest BCUT2D eigenvalue weighted by Crippen LogP contribution is -2.31. The SMILES string of the molecule is CC/C=C\C[C@@H]1CC2(CCCCC2)O[C@@H]1C#C[Si](C)(C)C. The molecule has 0 aromatic carbocycles. The normalized spacial score (nSPS) is 28.8. The topological polar surface area (TPSA) is 9.23 Å². The van der Waals surface area contributed by atoms with Crippen LogP contribution < -0.4 is 0 Å². The number of hydrogen-bond acceptors (Lipinski definition) is 1. The van der Waals surface area contributed by atoms with Crippen molar-refractivity contribution >= 4 is 8.07 Å². The summed E-state index contributed by atoms with van der Waals surface area (Å²) in [5.74, 6) is 4.13. The van der Waals surface area contributed by atoms with E-state index in [-0.39, 0.29) is 11.7 Å². The van der Waals surface area contributed by atoms with Crippen molar-refractivity contribution < 1.29 is 4.74 Å². The van der Waals surface area contributed by atoms with Crippen molar-refractivity contribution in [2.45, 2.75) is 89.6 Å². The molecule has 2 rings (SSSR count). The quantitative estimate of drug-likeness (QED) is 0.389. The molecule has 1 aliphatic heterocycles. The van der Waals surface area contributed by atoms with E-state index >= 15 is 0 Å². The molecule has 0 amide bonds. The fraction of sp³-hybridized carbons (Fsp3) is 0.789. The molecular formula is C19H32OSi. The van der Waals surface area contributed by atoms with Gasteiger partial charge in [-0.15, -0.1) is 5.54 Å². The molecule has 2 aliphatic rings. The van der Waals surface area contributed by atoms with Gasteiger partial charge in [-0.3, -0.25) is 0 Å². The van der Waals surface area contributed by atoms with Crippen molar-refractivity contribution in [1.82, 2.24) is 0 Å². The number of rotatable bonds is 3. The van der Waals surface area contributed by atoms with E-state index in [1.165, 1.54) is 38.5 Å². The third-order valence-electron chi connectivity index (χ3n) is 4.63. The molecule has 0 radical (unpaired) electrons. The minimum atomic E-state index is -1.31. The first-order valence-corrected chi connectivity index (χ1v) is 12.3. The van der Waals surface area contributed by atoms with Gasteiger partial charge in [0.25, 0.3) is 0 Å². The molecule has 1 saturated heterocycles. The fourth-order valence-corrected chi connectivity index (χ4v) is 4.17. The molecule has 2 atom stereocenters. The third-order valence-corrected chi connectivity index (χ3v) is 5.53. The van der Waals surface area contributed by atoms with Crippen LogP contribution in [0.3, 0.4) is 0 Å². The Hall–Kier alpha value is -0.523. The molecule has 1 heterocycles. The van der Waals surface area contributed by atoms with Crippen molar-refractivity contribution in [1.29, 1.82) is 0 Å². The highest BCUT2D eigenvalue weighted by Gasteiger charge is 2.45. The van der Waals surface area contributed by atoms with Crippen LogP contribution in [0.1, 0.15) is 58.3 Å². The average Bonchev–Trinajstić information content (AvgIpc) is 2.75. The van der Waals surface area contributed by atoms with Crippen LogP contribution in [0, 0.1) is 17.4 Å². The Morgan fingerprint density at radius 1 is 1.14 bits per heavy atom. The van der Waals surface area contributed by atoms with Gasteiger partial charge in [0.05, 0.1) is 5.60 Å². The number of ether oxygens (including phenoxy) is 1. The van der Waals surface area contributed by atoms with Crippen LogP contribution in [0.4, 0.5) is 0 Å². The van der Waals surface area contributed by atoms with Crippen LogP contribution in [-0.4, -0.2) is 19.8 Å². The van der Waals surface area contributed by atoms with Crippen LogP contribution in [-0.2, 0) is 4.74 Å². The molecular weight excluding hydrogens is 272 g/mol. The van der Waals surface area contributed by atoms with Gasteiger partial charge in [0, 0.05) is 5.92 Å². The van der Waals surface area contributed by atoms with Crippen molar-refractivity contribution in [3.8, 4) is 11.5 Å². The highest BCUT2D eigenvalue weighted by molar-refractivity contribution is 6.83. The van der Waals surface area contributed by atoms with Gasteiger partial charge in [-0.1, -0.05) is 63.9 Å². The van der Waals surface area contributed by atoms with E-state index in [4.69, 9.17) is 4.74 Å². The van der Waals surface area contributed by atoms with Gasteiger partial charge < -0.3 is 4.74 Å². The van der Waals surface area contributed by atoms with Gasteiger partial charge in [-0.25, -0.2) is 0 Å². The molecule has 2 fully saturated rings. The Labute approximate surface area is 132 Å². The predicted molar refractivity (Wildman–Crippen MR) is 94.0 cm³/mol. The van der Waals surface area contributed by atoms with Crippen LogP contribution in [0.2, 0.25) is 19.6 Å². The molecule has 0 aromatic rings. The van der Waals surface area contributed by atoms with Gasteiger partial charge >= 0.3 is 0 Å². The first kappa shape index (κ1) is 16.8. The summed E-state index contributed by atoms with van der Waals surface area (Å²) < 4.78 is 6.54. The van der Waals surface area contributed by atoms with Gasteiger partial charge in [0.1, 0.15) is 14.2 Å². The van der Waals surface area contributed by atoms with E-state index in [2.05, 4.69) is 50.2 Å². The molecule has 1 spiro atoms. The summed E-state index contributed by atoms with van der Waals surface area (Å²) in [4.78, 5) is 0. The molecule has 118 valence electrons. The minimum absolute atomic E-state index is 0.168. The third kappa shape index (κ3) is 5.00. The molecule has 0 unspecified atom stereocenters. The summed E-state index contributed by atoms with van der Waals surface area (Å²) in [5, 5.41) is 0. The Balaban J connectivity index is 2.09. The molecule has 0 N–H and O–H groups in total. The van der Waals surface area contributed by atoms with Gasteiger partial charge in [-0.05, 0) is 32.1 Å². The first-order chi connectivity index (χ1) is 9.94. The van der Waals surface area contributed by atoms with Crippen LogP contribution in [0.25, 0.3) is 0 Å². The zero-order valence-corrected chi connectivity index (χ0v) is 15.4. The van der Waals surface area contributed by atoms with Crippen LogP contribution in [0.5, 0.6) is 0 Å². The molecule has 1 saturated carbocycles. The van der Waals surface area contributed by atoms with E-state index in [1.54, 1.807) is 0 Å². The van der Waals surface area contributed by atoms with Crippen LogP contribution in [0.15, 0.2) is 12.2 Å². The highest BCUT2D eigenvalue weighted by atomic mass is 28.3. The fourth-order valence-electron chi connectivity index (χ4n) is 3.60. The Morgan fingerprint density at radius 2 is 1.86 bits per heavy atom. The maximum atomic E-state index is 6.54. The zero-order chi connectivity index (χ0) is 15.3. The largest absolute Gasteiger partial charge is 0.359 e. The van der Waals surface area contributed by atoms with Crippen molar-refractivity contribution in [2.75, 3.05) is 0 Å². The molecule has 1 nitrogen and oxygen atoms in total. The molecule has 21 heavy (non-hydrogen) atoms. The second-order valence-corrected chi connectivity index (χ2v) is 12.6. The standard InChI is InChI=1S/C19H32OSi/c1-5-6-8-11-17-16-19(13-9-7-10-14-19)20-18(17)12-15-21(2,3)4/h6,8,17-18H,5,7,9-11,13-14,16H2,1-4H3/b8-6-/t17-,18-/m1/s1. The average molecular weight is 305 g/mol. The smallest absolute Gasteiger partial charge is 0.129 e.